The predicted octanol–water partition coefficient (Wildman–Crippen LogP) is 0.641. The average molecular weight is 210 g/mol. The molecule has 1 heterocycles. The van der Waals surface area contributed by atoms with Gasteiger partial charge in [-0.1, -0.05) is 6.07 Å². The molecule has 1 aliphatic rings. The minimum Gasteiger partial charge on any atom is -0.283 e. The van der Waals surface area contributed by atoms with Crippen LogP contribution in [0.3, 0.4) is 0 Å². The summed E-state index contributed by atoms with van der Waals surface area (Å²) in [6.07, 6.45) is 2.64. The predicted molar refractivity (Wildman–Crippen MR) is 54.3 cm³/mol. The zero-order chi connectivity index (χ0) is 10.2. The van der Waals surface area contributed by atoms with Crippen LogP contribution >= 0.6 is 0 Å². The van der Waals surface area contributed by atoms with Gasteiger partial charge in [0.2, 0.25) is 10.0 Å². The van der Waals surface area contributed by atoms with Crippen LogP contribution < -0.4 is 10.1 Å². The molecular formula is C8H8N3O2S. The van der Waals surface area contributed by atoms with Gasteiger partial charge < -0.3 is 0 Å². The van der Waals surface area contributed by atoms with Crippen molar-refractivity contribution in [2.24, 2.45) is 5.10 Å². The Kier molecular flexibility index (Phi) is 1.92. The number of nitrogens with zero attached hydrogens (tertiary/aromatic N) is 2. The zero-order valence-electron chi connectivity index (χ0n) is 7.43. The molecule has 0 bridgehead atoms. The monoisotopic (exact) mass is 210 g/mol. The number of sulfonamides is 1. The smallest absolute Gasteiger partial charge is 0.229 e. The first-order valence-corrected chi connectivity index (χ1v) is 5.80. The lowest BCUT2D eigenvalue weighted by Crippen LogP contribution is -2.10. The Labute approximate surface area is 81.9 Å². The fraction of sp³-hybridized carbons (Fsp3) is 0.125. The molecule has 0 aliphatic carbocycles. The SMILES string of the molecule is CS(=O)(=O)Nc1cccc2c1C=N[N]2. The van der Waals surface area contributed by atoms with Crippen LogP contribution in [-0.2, 0) is 10.0 Å². The van der Waals surface area contributed by atoms with Gasteiger partial charge in [-0.25, -0.2) is 8.42 Å². The summed E-state index contributed by atoms with van der Waals surface area (Å²) in [5.74, 6) is 0. The maximum Gasteiger partial charge on any atom is 0.229 e. The molecule has 0 amide bonds. The molecule has 1 aliphatic heterocycles. The number of rotatable bonds is 2. The van der Waals surface area contributed by atoms with Crippen molar-refractivity contribution in [2.45, 2.75) is 0 Å². The molecule has 14 heavy (non-hydrogen) atoms. The van der Waals surface area contributed by atoms with E-state index in [1.54, 1.807) is 18.2 Å². The highest BCUT2D eigenvalue weighted by atomic mass is 32.2. The van der Waals surface area contributed by atoms with E-state index in [9.17, 15) is 8.42 Å². The van der Waals surface area contributed by atoms with Crippen LogP contribution in [0.15, 0.2) is 23.3 Å². The second-order valence-corrected chi connectivity index (χ2v) is 4.71. The Morgan fingerprint density at radius 3 is 2.86 bits per heavy atom. The molecule has 5 nitrogen and oxygen atoms in total. The molecule has 6 heteroatoms. The van der Waals surface area contributed by atoms with Gasteiger partial charge in [-0.15, -0.1) is 0 Å². The van der Waals surface area contributed by atoms with Crippen LogP contribution in [-0.4, -0.2) is 20.9 Å². The second kappa shape index (κ2) is 2.98. The maximum absolute atomic E-state index is 11.0. The molecule has 1 radical (unpaired) electrons. The Morgan fingerprint density at radius 2 is 2.14 bits per heavy atom. The maximum atomic E-state index is 11.0. The van der Waals surface area contributed by atoms with Crippen LogP contribution in [0.1, 0.15) is 5.56 Å². The summed E-state index contributed by atoms with van der Waals surface area (Å²) in [6, 6.07) is 5.17. The first kappa shape index (κ1) is 9.01. The number of fused-ring (bicyclic) bond motifs is 1. The topological polar surface area (TPSA) is 72.6 Å². The van der Waals surface area contributed by atoms with Gasteiger partial charge in [0.05, 0.1) is 23.8 Å². The number of hydrogen-bond donors (Lipinski definition) is 1. The molecule has 2 rings (SSSR count). The summed E-state index contributed by atoms with van der Waals surface area (Å²) in [5.41, 5.74) is 5.72. The van der Waals surface area contributed by atoms with Crippen molar-refractivity contribution in [3.05, 3.63) is 23.8 Å². The second-order valence-electron chi connectivity index (χ2n) is 2.96. The number of nitrogens with one attached hydrogen (secondary N) is 1. The summed E-state index contributed by atoms with van der Waals surface area (Å²) >= 11 is 0. The molecule has 0 spiro atoms. The van der Waals surface area contributed by atoms with E-state index >= 15 is 0 Å². The molecule has 1 aromatic rings. The first-order chi connectivity index (χ1) is 6.56. The van der Waals surface area contributed by atoms with Crippen molar-refractivity contribution in [1.29, 1.82) is 0 Å². The van der Waals surface area contributed by atoms with Crippen LogP contribution in [0.5, 0.6) is 0 Å². The van der Waals surface area contributed by atoms with Crippen LogP contribution in [0, 0.1) is 0 Å². The molecule has 0 saturated heterocycles. The third-order valence-corrected chi connectivity index (χ3v) is 2.32. The van der Waals surface area contributed by atoms with Crippen LogP contribution in [0.25, 0.3) is 0 Å². The van der Waals surface area contributed by atoms with Gasteiger partial charge in [0.1, 0.15) is 0 Å². The molecule has 73 valence electrons. The molecular weight excluding hydrogens is 202 g/mol. The van der Waals surface area contributed by atoms with Crippen LogP contribution in [0.4, 0.5) is 11.4 Å². The molecule has 0 fully saturated rings. The van der Waals surface area contributed by atoms with Crippen molar-refractivity contribution in [1.82, 2.24) is 5.43 Å². The number of hydrogen-bond acceptors (Lipinski definition) is 3. The van der Waals surface area contributed by atoms with Gasteiger partial charge >= 0.3 is 0 Å². The van der Waals surface area contributed by atoms with Crippen LogP contribution in [0.2, 0.25) is 0 Å². The van der Waals surface area contributed by atoms with Gasteiger partial charge in [-0.3, -0.25) is 4.72 Å². The van der Waals surface area contributed by atoms with E-state index in [-0.39, 0.29) is 0 Å². The van der Waals surface area contributed by atoms with Gasteiger partial charge in [-0.2, -0.15) is 10.5 Å². The van der Waals surface area contributed by atoms with Gasteiger partial charge in [0, 0.05) is 5.56 Å². The lowest BCUT2D eigenvalue weighted by Gasteiger charge is -2.06. The highest BCUT2D eigenvalue weighted by Crippen LogP contribution is 2.26. The van der Waals surface area contributed by atoms with Gasteiger partial charge in [-0.05, 0) is 12.1 Å². The normalized spacial score (nSPS) is 13.5. The number of anilines is 1. The largest absolute Gasteiger partial charge is 0.283 e. The van der Waals surface area contributed by atoms with Crippen molar-refractivity contribution < 1.29 is 8.42 Å². The van der Waals surface area contributed by atoms with Crippen molar-refractivity contribution in [2.75, 3.05) is 11.0 Å². The summed E-state index contributed by atoms with van der Waals surface area (Å²) < 4.78 is 24.4. The summed E-state index contributed by atoms with van der Waals surface area (Å²) in [7, 11) is -3.25. The molecule has 1 N–H and O–H groups in total. The molecule has 0 unspecified atom stereocenters. The summed E-state index contributed by atoms with van der Waals surface area (Å²) in [5, 5.41) is 3.71. The quantitative estimate of drug-likeness (QED) is 0.778. The van der Waals surface area contributed by atoms with Crippen molar-refractivity contribution in [3.8, 4) is 0 Å². The third-order valence-electron chi connectivity index (χ3n) is 1.73. The Balaban J connectivity index is 2.45. The minimum atomic E-state index is -3.25. The molecule has 1 aromatic carbocycles. The minimum absolute atomic E-state index is 0.509. The van der Waals surface area contributed by atoms with E-state index in [1.807, 2.05) is 0 Å². The van der Waals surface area contributed by atoms with Crippen molar-refractivity contribution >= 4 is 27.6 Å². The highest BCUT2D eigenvalue weighted by Gasteiger charge is 2.13. The standard InChI is InChI=1S/C8H8N3O2S/c1-14(12,13)11-8-4-2-3-7-6(8)5-9-10-7/h2-5,11H,1H3. The summed E-state index contributed by atoms with van der Waals surface area (Å²) in [6.45, 7) is 0. The lowest BCUT2D eigenvalue weighted by atomic mass is 10.2. The van der Waals surface area contributed by atoms with Gasteiger partial charge in [0.25, 0.3) is 0 Å². The fourth-order valence-corrected chi connectivity index (χ4v) is 1.79. The average Bonchev–Trinajstić information content (AvgIpc) is 2.49. The molecule has 0 saturated carbocycles. The van der Waals surface area contributed by atoms with Gasteiger partial charge in [0.15, 0.2) is 0 Å². The Bertz CT molecular complexity index is 493. The van der Waals surface area contributed by atoms with E-state index in [4.69, 9.17) is 0 Å². The first-order valence-electron chi connectivity index (χ1n) is 3.91. The third kappa shape index (κ3) is 1.69. The summed E-state index contributed by atoms with van der Waals surface area (Å²) in [4.78, 5) is 0. The van der Waals surface area contributed by atoms with E-state index in [1.165, 1.54) is 6.21 Å². The highest BCUT2D eigenvalue weighted by molar-refractivity contribution is 7.92. The van der Waals surface area contributed by atoms with E-state index in [0.717, 1.165) is 6.26 Å². The van der Waals surface area contributed by atoms with E-state index in [0.29, 0.717) is 16.9 Å². The molecule has 0 aromatic heterocycles. The lowest BCUT2D eigenvalue weighted by molar-refractivity contribution is 0.607. The fourth-order valence-electron chi connectivity index (χ4n) is 1.21. The van der Waals surface area contributed by atoms with E-state index in [2.05, 4.69) is 15.2 Å². The zero-order valence-corrected chi connectivity index (χ0v) is 8.25. The Morgan fingerprint density at radius 1 is 1.36 bits per heavy atom. The van der Waals surface area contributed by atoms with E-state index < -0.39 is 10.0 Å². The van der Waals surface area contributed by atoms with Crippen molar-refractivity contribution in [3.63, 3.8) is 0 Å². The Hall–Kier alpha value is -1.56. The molecule has 0 atom stereocenters. The number of benzene rings is 1.